The van der Waals surface area contributed by atoms with Crippen molar-refractivity contribution in [1.29, 1.82) is 0 Å². The highest BCUT2D eigenvalue weighted by atomic mass is 15.1. The lowest BCUT2D eigenvalue weighted by Gasteiger charge is -2.30. The van der Waals surface area contributed by atoms with E-state index in [1.165, 1.54) is 69.4 Å². The van der Waals surface area contributed by atoms with E-state index in [0.717, 1.165) is 5.92 Å². The van der Waals surface area contributed by atoms with Crippen LogP contribution in [0.25, 0.3) is 0 Å². The molecule has 1 saturated carbocycles. The van der Waals surface area contributed by atoms with Crippen molar-refractivity contribution in [2.75, 3.05) is 23.3 Å². The molecule has 20 heavy (non-hydrogen) atoms. The van der Waals surface area contributed by atoms with Gasteiger partial charge in [0.05, 0.1) is 0 Å². The van der Waals surface area contributed by atoms with E-state index in [1.54, 1.807) is 0 Å². The number of anilines is 2. The molecule has 1 aromatic rings. The summed E-state index contributed by atoms with van der Waals surface area (Å²) in [7, 11) is 0. The Morgan fingerprint density at radius 1 is 1.05 bits per heavy atom. The SMILES string of the molecule is CCC1CCCC(Nc2ccc(N3CCCC3)cc2)C1. The highest BCUT2D eigenvalue weighted by Crippen LogP contribution is 2.29. The summed E-state index contributed by atoms with van der Waals surface area (Å²) in [6.07, 6.45) is 9.55. The summed E-state index contributed by atoms with van der Waals surface area (Å²) < 4.78 is 0. The first-order chi connectivity index (χ1) is 9.85. The Hall–Kier alpha value is -1.18. The molecule has 0 aromatic heterocycles. The Kier molecular flexibility index (Phi) is 4.49. The summed E-state index contributed by atoms with van der Waals surface area (Å²) in [6.45, 7) is 4.79. The van der Waals surface area contributed by atoms with Crippen LogP contribution in [-0.2, 0) is 0 Å². The summed E-state index contributed by atoms with van der Waals surface area (Å²) >= 11 is 0. The Balaban J connectivity index is 1.57. The van der Waals surface area contributed by atoms with Crippen LogP contribution in [0.15, 0.2) is 24.3 Å². The molecule has 2 nitrogen and oxygen atoms in total. The van der Waals surface area contributed by atoms with Gasteiger partial charge >= 0.3 is 0 Å². The van der Waals surface area contributed by atoms with E-state index in [9.17, 15) is 0 Å². The van der Waals surface area contributed by atoms with Gasteiger partial charge in [-0.2, -0.15) is 0 Å². The topological polar surface area (TPSA) is 15.3 Å². The molecule has 2 aliphatic rings. The minimum absolute atomic E-state index is 0.686. The van der Waals surface area contributed by atoms with Crippen molar-refractivity contribution in [2.45, 2.75) is 57.9 Å². The maximum absolute atomic E-state index is 3.74. The highest BCUT2D eigenvalue weighted by Gasteiger charge is 2.20. The van der Waals surface area contributed by atoms with E-state index in [-0.39, 0.29) is 0 Å². The van der Waals surface area contributed by atoms with Gasteiger partial charge in [0.15, 0.2) is 0 Å². The lowest BCUT2D eigenvalue weighted by atomic mass is 9.84. The van der Waals surface area contributed by atoms with Crippen LogP contribution in [0.4, 0.5) is 11.4 Å². The van der Waals surface area contributed by atoms with Crippen LogP contribution in [0.2, 0.25) is 0 Å². The molecule has 110 valence electrons. The molecule has 0 radical (unpaired) electrons. The maximum Gasteiger partial charge on any atom is 0.0367 e. The number of hydrogen-bond acceptors (Lipinski definition) is 2. The minimum atomic E-state index is 0.686. The predicted molar refractivity (Wildman–Crippen MR) is 87.5 cm³/mol. The molecular formula is C18H28N2. The molecule has 2 atom stereocenters. The van der Waals surface area contributed by atoms with E-state index in [2.05, 4.69) is 41.4 Å². The Morgan fingerprint density at radius 2 is 1.80 bits per heavy atom. The van der Waals surface area contributed by atoms with Crippen molar-refractivity contribution in [3.63, 3.8) is 0 Å². The van der Waals surface area contributed by atoms with E-state index < -0.39 is 0 Å². The molecule has 2 heteroatoms. The van der Waals surface area contributed by atoms with Crippen LogP contribution in [-0.4, -0.2) is 19.1 Å². The Labute approximate surface area is 123 Å². The van der Waals surface area contributed by atoms with Gasteiger partial charge < -0.3 is 10.2 Å². The molecule has 1 aliphatic heterocycles. The Bertz CT molecular complexity index is 406. The van der Waals surface area contributed by atoms with Crippen LogP contribution >= 0.6 is 0 Å². The number of nitrogens with zero attached hydrogens (tertiary/aromatic N) is 1. The normalized spacial score (nSPS) is 26.8. The fourth-order valence-corrected chi connectivity index (χ4v) is 3.77. The first-order valence-corrected chi connectivity index (χ1v) is 8.46. The molecule has 1 saturated heterocycles. The van der Waals surface area contributed by atoms with Gasteiger partial charge in [0.1, 0.15) is 0 Å². The molecule has 1 aromatic carbocycles. The zero-order valence-electron chi connectivity index (χ0n) is 12.8. The molecule has 1 aliphatic carbocycles. The van der Waals surface area contributed by atoms with Crippen molar-refractivity contribution >= 4 is 11.4 Å². The average molecular weight is 272 g/mol. The molecule has 1 heterocycles. The molecule has 2 unspecified atom stereocenters. The molecule has 0 spiro atoms. The predicted octanol–water partition coefficient (Wildman–Crippen LogP) is 4.67. The number of benzene rings is 1. The fraction of sp³-hybridized carbons (Fsp3) is 0.667. The van der Waals surface area contributed by atoms with Gasteiger partial charge in [-0.15, -0.1) is 0 Å². The Morgan fingerprint density at radius 3 is 2.50 bits per heavy atom. The van der Waals surface area contributed by atoms with Crippen molar-refractivity contribution in [1.82, 2.24) is 0 Å². The van der Waals surface area contributed by atoms with Crippen LogP contribution < -0.4 is 10.2 Å². The zero-order chi connectivity index (χ0) is 13.8. The van der Waals surface area contributed by atoms with E-state index >= 15 is 0 Å². The molecule has 3 rings (SSSR count). The van der Waals surface area contributed by atoms with Crippen LogP contribution in [0, 0.1) is 5.92 Å². The van der Waals surface area contributed by atoms with Crippen molar-refractivity contribution in [3.05, 3.63) is 24.3 Å². The van der Waals surface area contributed by atoms with Gasteiger partial charge in [-0.1, -0.05) is 26.2 Å². The molecule has 0 bridgehead atoms. The summed E-state index contributed by atoms with van der Waals surface area (Å²) in [4.78, 5) is 2.50. The minimum Gasteiger partial charge on any atom is -0.382 e. The third-order valence-electron chi connectivity index (χ3n) is 5.07. The van der Waals surface area contributed by atoms with Crippen molar-refractivity contribution < 1.29 is 0 Å². The summed E-state index contributed by atoms with van der Waals surface area (Å²) in [5.74, 6) is 0.935. The quantitative estimate of drug-likeness (QED) is 0.857. The second kappa shape index (κ2) is 6.51. The maximum atomic E-state index is 3.74. The average Bonchev–Trinajstić information content (AvgIpc) is 3.02. The van der Waals surface area contributed by atoms with Crippen molar-refractivity contribution in [2.24, 2.45) is 5.92 Å². The van der Waals surface area contributed by atoms with Gasteiger partial charge in [0.25, 0.3) is 0 Å². The van der Waals surface area contributed by atoms with Gasteiger partial charge in [0, 0.05) is 30.5 Å². The summed E-state index contributed by atoms with van der Waals surface area (Å²) in [5, 5.41) is 3.74. The molecule has 2 fully saturated rings. The second-order valence-electron chi connectivity index (χ2n) is 6.52. The van der Waals surface area contributed by atoms with E-state index in [0.29, 0.717) is 6.04 Å². The summed E-state index contributed by atoms with van der Waals surface area (Å²) in [6, 6.07) is 9.79. The standard InChI is InChI=1S/C18H28N2/c1-2-15-6-5-7-17(14-15)19-16-8-10-18(11-9-16)20-12-3-4-13-20/h8-11,15,17,19H,2-7,12-14H2,1H3. The third-order valence-corrected chi connectivity index (χ3v) is 5.07. The van der Waals surface area contributed by atoms with Crippen LogP contribution in [0.5, 0.6) is 0 Å². The van der Waals surface area contributed by atoms with Gasteiger partial charge in [-0.3, -0.25) is 0 Å². The second-order valence-corrected chi connectivity index (χ2v) is 6.52. The number of nitrogens with one attached hydrogen (secondary N) is 1. The highest BCUT2D eigenvalue weighted by molar-refractivity contribution is 5.55. The van der Waals surface area contributed by atoms with Gasteiger partial charge in [0.2, 0.25) is 0 Å². The number of rotatable bonds is 4. The first kappa shape index (κ1) is 13.8. The monoisotopic (exact) mass is 272 g/mol. The molecule has 1 N–H and O–H groups in total. The first-order valence-electron chi connectivity index (χ1n) is 8.46. The van der Waals surface area contributed by atoms with E-state index in [1.807, 2.05) is 0 Å². The fourth-order valence-electron chi connectivity index (χ4n) is 3.77. The largest absolute Gasteiger partial charge is 0.382 e. The van der Waals surface area contributed by atoms with E-state index in [4.69, 9.17) is 0 Å². The van der Waals surface area contributed by atoms with Crippen LogP contribution in [0.1, 0.15) is 51.9 Å². The molecule has 0 amide bonds. The lowest BCUT2D eigenvalue weighted by Crippen LogP contribution is -2.27. The van der Waals surface area contributed by atoms with Crippen molar-refractivity contribution in [3.8, 4) is 0 Å². The third kappa shape index (κ3) is 3.28. The van der Waals surface area contributed by atoms with Crippen LogP contribution in [0.3, 0.4) is 0 Å². The lowest BCUT2D eigenvalue weighted by molar-refractivity contribution is 0.327. The smallest absolute Gasteiger partial charge is 0.0367 e. The van der Waals surface area contributed by atoms with Gasteiger partial charge in [-0.25, -0.2) is 0 Å². The van der Waals surface area contributed by atoms with Gasteiger partial charge in [-0.05, 0) is 55.9 Å². The zero-order valence-corrected chi connectivity index (χ0v) is 12.8. The number of hydrogen-bond donors (Lipinski definition) is 1. The summed E-state index contributed by atoms with van der Waals surface area (Å²) in [5.41, 5.74) is 2.69. The molecular weight excluding hydrogens is 244 g/mol.